The van der Waals surface area contributed by atoms with Crippen LogP contribution in [-0.4, -0.2) is 15.1 Å². The van der Waals surface area contributed by atoms with Gasteiger partial charge in [-0.1, -0.05) is 0 Å². The second kappa shape index (κ2) is 2.91. The van der Waals surface area contributed by atoms with Gasteiger partial charge in [0.2, 0.25) is 0 Å². The van der Waals surface area contributed by atoms with Gasteiger partial charge in [-0.15, -0.1) is 0 Å². The number of hydrogen-bond donors (Lipinski definition) is 1. The van der Waals surface area contributed by atoms with E-state index in [2.05, 4.69) is 9.97 Å². The summed E-state index contributed by atoms with van der Waals surface area (Å²) in [5, 5.41) is 12.9. The van der Waals surface area contributed by atoms with E-state index in [-0.39, 0.29) is 5.75 Å². The summed E-state index contributed by atoms with van der Waals surface area (Å²) in [6, 6.07) is 1.94. The second-order valence-corrected chi connectivity index (χ2v) is 3.06. The van der Waals surface area contributed by atoms with Gasteiger partial charge in [-0.25, -0.2) is 9.97 Å². The summed E-state index contributed by atoms with van der Waals surface area (Å²) in [7, 11) is 0. The molecule has 12 heavy (non-hydrogen) atoms. The fraction of sp³-hybridized carbons (Fsp3) is 0. The van der Waals surface area contributed by atoms with E-state index < -0.39 is 0 Å². The minimum atomic E-state index is 0.0916. The molecule has 4 heteroatoms. The van der Waals surface area contributed by atoms with Crippen LogP contribution in [-0.2, 0) is 0 Å². The molecule has 0 spiro atoms. The van der Waals surface area contributed by atoms with Crippen LogP contribution >= 0.6 is 11.3 Å². The van der Waals surface area contributed by atoms with Crippen molar-refractivity contribution in [2.75, 3.05) is 0 Å². The molecular weight excluding hydrogens is 172 g/mol. The zero-order valence-corrected chi connectivity index (χ0v) is 6.95. The molecule has 2 aromatic rings. The molecule has 0 unspecified atom stereocenters. The van der Waals surface area contributed by atoms with E-state index in [9.17, 15) is 0 Å². The summed E-state index contributed by atoms with van der Waals surface area (Å²) in [5.74, 6) is 0.739. The normalized spacial score (nSPS) is 10.0. The number of thiophene rings is 1. The summed E-state index contributed by atoms with van der Waals surface area (Å²) in [6.45, 7) is 0. The van der Waals surface area contributed by atoms with Crippen LogP contribution in [0.25, 0.3) is 11.4 Å². The Morgan fingerprint density at radius 2 is 2.00 bits per heavy atom. The van der Waals surface area contributed by atoms with Crippen LogP contribution < -0.4 is 0 Å². The maximum absolute atomic E-state index is 8.93. The molecule has 0 aliphatic rings. The van der Waals surface area contributed by atoms with Gasteiger partial charge in [0.15, 0.2) is 11.6 Å². The van der Waals surface area contributed by atoms with Gasteiger partial charge in [0.25, 0.3) is 0 Å². The van der Waals surface area contributed by atoms with E-state index in [1.807, 2.05) is 16.8 Å². The Balaban J connectivity index is 2.43. The lowest BCUT2D eigenvalue weighted by Gasteiger charge is -1.94. The van der Waals surface area contributed by atoms with E-state index >= 15 is 0 Å². The van der Waals surface area contributed by atoms with E-state index in [4.69, 9.17) is 5.11 Å². The zero-order chi connectivity index (χ0) is 8.39. The molecule has 0 amide bonds. The smallest absolute Gasteiger partial charge is 0.160 e. The molecule has 2 heterocycles. The SMILES string of the molecule is Oc1cnc(-c2ccsc2)nc1. The van der Waals surface area contributed by atoms with Gasteiger partial charge < -0.3 is 5.11 Å². The first-order valence-corrected chi connectivity index (χ1v) is 4.34. The van der Waals surface area contributed by atoms with Crippen LogP contribution in [0.5, 0.6) is 5.75 Å². The molecule has 1 N–H and O–H groups in total. The molecule has 0 saturated carbocycles. The Bertz CT molecular complexity index is 355. The molecule has 3 nitrogen and oxygen atoms in total. The third kappa shape index (κ3) is 1.29. The van der Waals surface area contributed by atoms with Crippen molar-refractivity contribution in [1.29, 1.82) is 0 Å². The summed E-state index contributed by atoms with van der Waals surface area (Å²) in [6.07, 6.45) is 2.78. The molecule has 0 aliphatic heterocycles. The first-order chi connectivity index (χ1) is 5.86. The fourth-order valence-electron chi connectivity index (χ4n) is 0.862. The van der Waals surface area contributed by atoms with E-state index in [1.165, 1.54) is 12.4 Å². The monoisotopic (exact) mass is 178 g/mol. The second-order valence-electron chi connectivity index (χ2n) is 2.28. The van der Waals surface area contributed by atoms with Crippen LogP contribution in [0.15, 0.2) is 29.2 Å². The number of nitrogens with zero attached hydrogens (tertiary/aromatic N) is 2. The summed E-state index contributed by atoms with van der Waals surface area (Å²) in [5.41, 5.74) is 0.986. The molecular formula is C8H6N2OS. The molecule has 0 atom stereocenters. The van der Waals surface area contributed by atoms with Crippen molar-refractivity contribution in [2.45, 2.75) is 0 Å². The zero-order valence-electron chi connectivity index (χ0n) is 6.14. The standard InChI is InChI=1S/C8H6N2OS/c11-7-3-9-8(10-4-7)6-1-2-12-5-6/h1-5,11H. The Labute approximate surface area is 73.4 Å². The average Bonchev–Trinajstić information content (AvgIpc) is 2.58. The van der Waals surface area contributed by atoms with Gasteiger partial charge in [-0.2, -0.15) is 11.3 Å². The summed E-state index contributed by atoms with van der Waals surface area (Å²) in [4.78, 5) is 7.93. The number of aromatic nitrogens is 2. The maximum Gasteiger partial charge on any atom is 0.160 e. The van der Waals surface area contributed by atoms with Crippen LogP contribution in [0.1, 0.15) is 0 Å². The quantitative estimate of drug-likeness (QED) is 0.725. The third-order valence-corrected chi connectivity index (χ3v) is 2.10. The van der Waals surface area contributed by atoms with Crippen molar-refractivity contribution in [1.82, 2.24) is 9.97 Å². The van der Waals surface area contributed by atoms with Crippen molar-refractivity contribution in [2.24, 2.45) is 0 Å². The Morgan fingerprint density at radius 3 is 2.58 bits per heavy atom. The van der Waals surface area contributed by atoms with E-state index in [0.717, 1.165) is 5.56 Å². The molecule has 0 fully saturated rings. The number of hydrogen-bond acceptors (Lipinski definition) is 4. The highest BCUT2D eigenvalue weighted by atomic mass is 32.1. The highest BCUT2D eigenvalue weighted by Gasteiger charge is 1.99. The number of aromatic hydroxyl groups is 1. The van der Waals surface area contributed by atoms with Crippen molar-refractivity contribution >= 4 is 11.3 Å². The van der Waals surface area contributed by atoms with Gasteiger partial charge in [0.1, 0.15) is 0 Å². The molecule has 0 saturated heterocycles. The van der Waals surface area contributed by atoms with Crippen LogP contribution in [0.4, 0.5) is 0 Å². The first kappa shape index (κ1) is 7.24. The van der Waals surface area contributed by atoms with Crippen molar-refractivity contribution in [3.8, 4) is 17.1 Å². The van der Waals surface area contributed by atoms with E-state index in [1.54, 1.807) is 11.3 Å². The lowest BCUT2D eigenvalue weighted by atomic mass is 10.3. The predicted molar refractivity (Wildman–Crippen MR) is 47.0 cm³/mol. The molecule has 0 radical (unpaired) electrons. The first-order valence-electron chi connectivity index (χ1n) is 3.40. The fourth-order valence-corrected chi connectivity index (χ4v) is 1.50. The van der Waals surface area contributed by atoms with Gasteiger partial charge in [0, 0.05) is 10.9 Å². The number of rotatable bonds is 1. The highest BCUT2D eigenvalue weighted by molar-refractivity contribution is 7.08. The molecule has 0 aliphatic carbocycles. The average molecular weight is 178 g/mol. The van der Waals surface area contributed by atoms with Gasteiger partial charge in [0.05, 0.1) is 12.4 Å². The topological polar surface area (TPSA) is 46.0 Å². The van der Waals surface area contributed by atoms with Gasteiger partial charge >= 0.3 is 0 Å². The summed E-state index contributed by atoms with van der Waals surface area (Å²) >= 11 is 1.60. The molecule has 0 bridgehead atoms. The Hall–Kier alpha value is -1.42. The van der Waals surface area contributed by atoms with Crippen LogP contribution in [0, 0.1) is 0 Å². The predicted octanol–water partition coefficient (Wildman–Crippen LogP) is 1.91. The maximum atomic E-state index is 8.93. The lowest BCUT2D eigenvalue weighted by Crippen LogP contribution is -1.84. The van der Waals surface area contributed by atoms with Gasteiger partial charge in [-0.05, 0) is 11.4 Å². The molecule has 2 aromatic heterocycles. The molecule has 0 aromatic carbocycles. The molecule has 2 rings (SSSR count). The van der Waals surface area contributed by atoms with Crippen molar-refractivity contribution in [3.05, 3.63) is 29.2 Å². The highest BCUT2D eigenvalue weighted by Crippen LogP contribution is 2.18. The largest absolute Gasteiger partial charge is 0.505 e. The van der Waals surface area contributed by atoms with Crippen LogP contribution in [0.2, 0.25) is 0 Å². The van der Waals surface area contributed by atoms with Crippen molar-refractivity contribution in [3.63, 3.8) is 0 Å². The molecule has 60 valence electrons. The van der Waals surface area contributed by atoms with Crippen molar-refractivity contribution < 1.29 is 5.11 Å². The van der Waals surface area contributed by atoms with Gasteiger partial charge in [-0.3, -0.25) is 0 Å². The third-order valence-electron chi connectivity index (χ3n) is 1.42. The summed E-state index contributed by atoms with van der Waals surface area (Å²) < 4.78 is 0. The minimum Gasteiger partial charge on any atom is -0.505 e. The minimum absolute atomic E-state index is 0.0916. The van der Waals surface area contributed by atoms with E-state index in [0.29, 0.717) is 5.82 Å². The lowest BCUT2D eigenvalue weighted by molar-refractivity contribution is 0.470. The Morgan fingerprint density at radius 1 is 1.25 bits per heavy atom. The van der Waals surface area contributed by atoms with Crippen LogP contribution in [0.3, 0.4) is 0 Å². The Kier molecular flexibility index (Phi) is 1.75.